The lowest BCUT2D eigenvalue weighted by Crippen LogP contribution is -2.36. The number of esters is 2. The fraction of sp³-hybridized carbons (Fsp3) is 0.373. The van der Waals surface area contributed by atoms with E-state index in [0.29, 0.717) is 16.7 Å². The van der Waals surface area contributed by atoms with Gasteiger partial charge in [-0.2, -0.15) is 0 Å². The van der Waals surface area contributed by atoms with E-state index in [4.69, 9.17) is 18.5 Å². The molecule has 0 aromatic heterocycles. The van der Waals surface area contributed by atoms with Gasteiger partial charge in [-0.1, -0.05) is 42.5 Å². The molecule has 0 aliphatic carbocycles. The Morgan fingerprint density at radius 3 is 1.32 bits per heavy atom. The van der Waals surface area contributed by atoms with Crippen molar-refractivity contribution in [3.05, 3.63) is 112 Å². The third kappa shape index (κ3) is 15.2. The molecular formula is C51H62N4O16P2S. The molecule has 4 amide bonds. The van der Waals surface area contributed by atoms with Crippen LogP contribution in [0.3, 0.4) is 0 Å². The molecule has 0 radical (unpaired) electrons. The Hall–Kier alpha value is -6.63. The highest BCUT2D eigenvalue weighted by atomic mass is 32.2. The van der Waals surface area contributed by atoms with Crippen molar-refractivity contribution in [2.75, 3.05) is 56.4 Å². The minimum Gasteiger partial charge on any atom is -0.466 e. The molecule has 0 aliphatic heterocycles. The van der Waals surface area contributed by atoms with E-state index in [1.807, 2.05) is 0 Å². The molecule has 0 saturated carbocycles. The number of hydrogen-bond acceptors (Lipinski definition) is 16. The first kappa shape index (κ1) is 59.9. The van der Waals surface area contributed by atoms with Crippen LogP contribution in [-0.2, 0) is 66.3 Å². The highest BCUT2D eigenvalue weighted by molar-refractivity contribution is 7.91. The predicted molar refractivity (Wildman–Crippen MR) is 277 cm³/mol. The zero-order valence-corrected chi connectivity index (χ0v) is 45.1. The maximum Gasteiger partial charge on any atom is 0.313 e. The van der Waals surface area contributed by atoms with E-state index in [-0.39, 0.29) is 121 Å². The molecule has 23 heteroatoms. The molecule has 0 heterocycles. The van der Waals surface area contributed by atoms with E-state index in [2.05, 4.69) is 21.3 Å². The Morgan fingerprint density at radius 1 is 0.527 bits per heavy atom. The van der Waals surface area contributed by atoms with Crippen LogP contribution in [-0.4, -0.2) is 101 Å². The molecule has 0 bridgehead atoms. The summed E-state index contributed by atoms with van der Waals surface area (Å²) in [6.07, 6.45) is 0.936. The molecular weight excluding hydrogens is 1020 g/mol. The fourth-order valence-electron chi connectivity index (χ4n) is 7.78. The molecule has 2 atom stereocenters. The van der Waals surface area contributed by atoms with Crippen molar-refractivity contribution in [3.8, 4) is 0 Å². The minimum atomic E-state index is -4.21. The molecule has 4 rings (SSSR count). The lowest BCUT2D eigenvalue weighted by molar-refractivity contribution is -0.145. The van der Waals surface area contributed by atoms with E-state index in [1.165, 1.54) is 26.0 Å². The lowest BCUT2D eigenvalue weighted by atomic mass is 9.98. The van der Waals surface area contributed by atoms with Crippen LogP contribution in [0.15, 0.2) is 77.7 Å². The van der Waals surface area contributed by atoms with E-state index in [1.54, 1.807) is 89.2 Å². The third-order valence-electron chi connectivity index (χ3n) is 11.3. The Bertz CT molecular complexity index is 3000. The Kier molecular flexibility index (Phi) is 21.9. The molecule has 0 fully saturated rings. The van der Waals surface area contributed by atoms with Crippen LogP contribution in [0.5, 0.6) is 0 Å². The van der Waals surface area contributed by atoms with Crippen molar-refractivity contribution in [3.63, 3.8) is 0 Å². The second-order valence-corrected chi connectivity index (χ2v) is 23.4. The van der Waals surface area contributed by atoms with Gasteiger partial charge in [0, 0.05) is 59.6 Å². The number of aryl methyl sites for hydroxylation is 3. The van der Waals surface area contributed by atoms with Gasteiger partial charge in [0.1, 0.15) is 0 Å². The first-order valence-corrected chi connectivity index (χ1v) is 28.7. The van der Waals surface area contributed by atoms with Crippen LogP contribution in [0.1, 0.15) is 94.5 Å². The third-order valence-corrected chi connectivity index (χ3v) is 17.1. The topological polar surface area (TPSA) is 290 Å². The quantitative estimate of drug-likeness (QED) is 0.0255. The number of amides is 4. The van der Waals surface area contributed by atoms with Gasteiger partial charge in [-0.05, 0) is 126 Å². The molecule has 74 heavy (non-hydrogen) atoms. The van der Waals surface area contributed by atoms with Gasteiger partial charge in [0.25, 0.3) is 11.0 Å². The zero-order valence-electron chi connectivity index (χ0n) is 42.5. The SMILES string of the molecule is CCOP(=O)(C(=O)c1c(C)cc(C)c(NC(=O)C(=O)NCCCOC(=O)CCCC(=O)OCCCNC(=O)C(=O)Nc2c(S(C)(=O)=O)cc(C)c(C(=O)P(=O)(OCC)c3ccccc3)c2C)c1C)c1ccccc1. The number of ether oxygens (including phenoxy) is 2. The minimum absolute atomic E-state index is 0.0123. The van der Waals surface area contributed by atoms with Crippen molar-refractivity contribution in [1.82, 2.24) is 10.6 Å². The van der Waals surface area contributed by atoms with Gasteiger partial charge in [0.2, 0.25) is 0 Å². The van der Waals surface area contributed by atoms with Crippen molar-refractivity contribution in [2.24, 2.45) is 0 Å². The average molecular weight is 1080 g/mol. The van der Waals surface area contributed by atoms with Crippen molar-refractivity contribution >= 4 is 93.2 Å². The van der Waals surface area contributed by atoms with E-state index in [0.717, 1.165) is 12.3 Å². The van der Waals surface area contributed by atoms with Crippen LogP contribution in [0, 0.1) is 34.6 Å². The highest BCUT2D eigenvalue weighted by Crippen LogP contribution is 2.52. The number of hydrogen-bond donors (Lipinski definition) is 4. The number of anilines is 2. The predicted octanol–water partition coefficient (Wildman–Crippen LogP) is 6.04. The molecule has 2 unspecified atom stereocenters. The zero-order chi connectivity index (χ0) is 55.0. The van der Waals surface area contributed by atoms with Crippen LogP contribution < -0.4 is 31.9 Å². The normalized spacial score (nSPS) is 12.8. The molecule has 20 nitrogen and oxygen atoms in total. The highest BCUT2D eigenvalue weighted by Gasteiger charge is 2.40. The van der Waals surface area contributed by atoms with Crippen LogP contribution in [0.4, 0.5) is 11.4 Å². The lowest BCUT2D eigenvalue weighted by Gasteiger charge is -2.22. The van der Waals surface area contributed by atoms with E-state index >= 15 is 0 Å². The van der Waals surface area contributed by atoms with Gasteiger partial charge < -0.3 is 39.8 Å². The van der Waals surface area contributed by atoms with Crippen molar-refractivity contribution in [1.29, 1.82) is 0 Å². The number of benzene rings is 4. The molecule has 0 saturated heterocycles. The Morgan fingerprint density at radius 2 is 0.919 bits per heavy atom. The first-order chi connectivity index (χ1) is 34.9. The van der Waals surface area contributed by atoms with Gasteiger partial charge >= 0.3 is 50.3 Å². The largest absolute Gasteiger partial charge is 0.466 e. The number of carbonyl (C=O) groups excluding carboxylic acids is 8. The average Bonchev–Trinajstić information content (AvgIpc) is 3.35. The molecule has 0 aliphatic rings. The number of rotatable bonds is 25. The van der Waals surface area contributed by atoms with E-state index < -0.39 is 71.2 Å². The molecule has 4 N–H and O–H groups in total. The molecule has 4 aromatic rings. The summed E-state index contributed by atoms with van der Waals surface area (Å²) in [6, 6.07) is 18.7. The van der Waals surface area contributed by atoms with Crippen LogP contribution >= 0.6 is 14.7 Å². The Labute approximate surface area is 430 Å². The summed E-state index contributed by atoms with van der Waals surface area (Å²) in [5.74, 6) is -5.70. The summed E-state index contributed by atoms with van der Waals surface area (Å²) in [6.45, 7) is 10.5. The number of sulfone groups is 1. The summed E-state index contributed by atoms with van der Waals surface area (Å²) in [7, 11) is -12.3. The second kappa shape index (κ2) is 27.1. The molecule has 4 aromatic carbocycles. The first-order valence-electron chi connectivity index (χ1n) is 23.6. The van der Waals surface area contributed by atoms with Crippen LogP contribution in [0.2, 0.25) is 0 Å². The summed E-state index contributed by atoms with van der Waals surface area (Å²) in [4.78, 5) is 103. The smallest absolute Gasteiger partial charge is 0.313 e. The van der Waals surface area contributed by atoms with Gasteiger partial charge in [0.15, 0.2) is 9.84 Å². The summed E-state index contributed by atoms with van der Waals surface area (Å²) >= 11 is 0. The van der Waals surface area contributed by atoms with E-state index in [9.17, 15) is 55.9 Å². The molecule has 0 spiro atoms. The fourth-order valence-corrected chi connectivity index (χ4v) is 12.9. The van der Waals surface area contributed by atoms with Crippen LogP contribution in [0.25, 0.3) is 0 Å². The van der Waals surface area contributed by atoms with Gasteiger partial charge in [-0.3, -0.25) is 47.5 Å². The van der Waals surface area contributed by atoms with Crippen molar-refractivity contribution < 1.29 is 74.4 Å². The maximum absolute atomic E-state index is 14.1. The summed E-state index contributed by atoms with van der Waals surface area (Å²) in [5.41, 5.74) is -0.367. The van der Waals surface area contributed by atoms with Gasteiger partial charge in [-0.25, -0.2) is 8.42 Å². The monoisotopic (exact) mass is 1080 g/mol. The van der Waals surface area contributed by atoms with Gasteiger partial charge in [-0.15, -0.1) is 0 Å². The Balaban J connectivity index is 1.17. The number of nitrogens with one attached hydrogen (secondary N) is 4. The summed E-state index contributed by atoms with van der Waals surface area (Å²) < 4.78 is 75.2. The summed E-state index contributed by atoms with van der Waals surface area (Å²) in [5, 5.41) is 9.97. The second-order valence-electron chi connectivity index (χ2n) is 16.9. The standard InChI is InChI=1S/C51H62N4O16P2S/c1-9-70-72(64,37-20-13-11-14-21-37)50(62)42-32(3)30-34(5)44(35(42)6)54-48(60)46(58)52-26-18-28-68-40(56)24-17-25-41(57)69-29-19-27-53-47(59)49(61)55-45-36(7)43(33(4)31-39(45)74(8,66)67)51(63)73(65,71-10-2)38-22-15-12-16-23-38/h11-16,20-23,30-31H,9-10,17-19,24-29H2,1-8H3,(H,52,58)(H,53,59)(H,54,60)(H,55,61). The number of carbonyl (C=O) groups is 8. The molecule has 398 valence electrons. The maximum atomic E-state index is 14.1. The van der Waals surface area contributed by atoms with Crippen molar-refractivity contribution in [2.45, 2.75) is 85.5 Å². The van der Waals surface area contributed by atoms with Gasteiger partial charge in [0.05, 0.1) is 37.0 Å².